The van der Waals surface area contributed by atoms with Crippen LogP contribution in [0.4, 0.5) is 0 Å². The summed E-state index contributed by atoms with van der Waals surface area (Å²) in [4.78, 5) is 14.0. The summed E-state index contributed by atoms with van der Waals surface area (Å²) in [5, 5.41) is 7.41. The Morgan fingerprint density at radius 1 is 1.59 bits per heavy atom. The third-order valence-electron chi connectivity index (χ3n) is 3.21. The molecule has 1 atom stereocenters. The number of carbonyl (C=O) groups is 1. The fraction of sp³-hybridized carbons (Fsp3) is 0.667. The molecule has 5 heteroatoms. The van der Waals surface area contributed by atoms with Crippen LogP contribution >= 0.6 is 0 Å². The third-order valence-corrected chi connectivity index (χ3v) is 3.21. The highest BCUT2D eigenvalue weighted by molar-refractivity contribution is 5.83. The Hall–Kier alpha value is -1.36. The monoisotopic (exact) mass is 236 g/mol. The summed E-state index contributed by atoms with van der Waals surface area (Å²) < 4.78 is 1.82. The van der Waals surface area contributed by atoms with Crippen LogP contribution in [-0.4, -0.2) is 39.7 Å². The molecule has 1 aliphatic rings. The molecule has 0 aromatic carbocycles. The molecule has 2 rings (SSSR count). The fourth-order valence-corrected chi connectivity index (χ4v) is 2.16. The van der Waals surface area contributed by atoms with E-state index in [9.17, 15) is 4.79 Å². The zero-order chi connectivity index (χ0) is 12.3. The van der Waals surface area contributed by atoms with E-state index in [1.807, 2.05) is 22.7 Å². The minimum Gasteiger partial charge on any atom is -0.335 e. The molecule has 0 bridgehead atoms. The Labute approximate surface area is 102 Å². The molecule has 0 spiro atoms. The van der Waals surface area contributed by atoms with Gasteiger partial charge in [0.2, 0.25) is 5.91 Å². The van der Waals surface area contributed by atoms with Gasteiger partial charge in [0.1, 0.15) is 0 Å². The molecule has 0 radical (unpaired) electrons. The number of hydrogen-bond acceptors (Lipinski definition) is 3. The number of amides is 1. The average molecular weight is 236 g/mol. The van der Waals surface area contributed by atoms with Gasteiger partial charge in [-0.25, -0.2) is 0 Å². The van der Waals surface area contributed by atoms with Crippen LogP contribution < -0.4 is 5.32 Å². The Morgan fingerprint density at radius 2 is 2.41 bits per heavy atom. The van der Waals surface area contributed by atoms with E-state index in [1.54, 1.807) is 6.20 Å². The Bertz CT molecular complexity index is 388. The van der Waals surface area contributed by atoms with Crippen LogP contribution in [0.2, 0.25) is 0 Å². The van der Waals surface area contributed by atoms with Gasteiger partial charge in [-0.1, -0.05) is 6.92 Å². The molecule has 0 aliphatic carbocycles. The molecule has 1 N–H and O–H groups in total. The second-order valence-electron chi connectivity index (χ2n) is 4.50. The van der Waals surface area contributed by atoms with E-state index < -0.39 is 0 Å². The number of likely N-dealkylation sites (tertiary alicyclic amines) is 1. The summed E-state index contributed by atoms with van der Waals surface area (Å²) >= 11 is 0. The van der Waals surface area contributed by atoms with Crippen molar-refractivity contribution in [3.05, 3.63) is 18.0 Å². The molecule has 17 heavy (non-hydrogen) atoms. The number of hydrogen-bond donors (Lipinski definition) is 1. The highest BCUT2D eigenvalue weighted by atomic mass is 16.2. The Kier molecular flexibility index (Phi) is 3.78. The summed E-state index contributed by atoms with van der Waals surface area (Å²) in [6.45, 7) is 4.53. The highest BCUT2D eigenvalue weighted by Gasteiger charge is 2.31. The molecule has 1 aromatic heterocycles. The van der Waals surface area contributed by atoms with Gasteiger partial charge in [0.25, 0.3) is 0 Å². The van der Waals surface area contributed by atoms with E-state index in [4.69, 9.17) is 0 Å². The highest BCUT2D eigenvalue weighted by Crippen LogP contribution is 2.14. The van der Waals surface area contributed by atoms with Crippen molar-refractivity contribution in [1.29, 1.82) is 0 Å². The molecule has 5 nitrogen and oxygen atoms in total. The summed E-state index contributed by atoms with van der Waals surface area (Å²) in [7, 11) is 1.91. The van der Waals surface area contributed by atoms with E-state index in [0.29, 0.717) is 6.54 Å². The average Bonchev–Trinajstić information content (AvgIpc) is 2.86. The third kappa shape index (κ3) is 2.66. The lowest BCUT2D eigenvalue weighted by Crippen LogP contribution is -2.38. The van der Waals surface area contributed by atoms with Crippen LogP contribution in [0.1, 0.15) is 25.5 Å². The number of aryl methyl sites for hydroxylation is 1. The van der Waals surface area contributed by atoms with Crippen LogP contribution in [0.25, 0.3) is 0 Å². The van der Waals surface area contributed by atoms with Gasteiger partial charge in [-0.15, -0.1) is 0 Å². The molecule has 1 fully saturated rings. The molecule has 94 valence electrons. The van der Waals surface area contributed by atoms with Crippen molar-refractivity contribution in [1.82, 2.24) is 20.0 Å². The van der Waals surface area contributed by atoms with Crippen molar-refractivity contribution in [3.8, 4) is 0 Å². The summed E-state index contributed by atoms with van der Waals surface area (Å²) in [6.07, 6.45) is 3.74. The van der Waals surface area contributed by atoms with Gasteiger partial charge in [0.15, 0.2) is 0 Å². The Morgan fingerprint density at radius 3 is 3.06 bits per heavy atom. The minimum absolute atomic E-state index is 0.0168. The Balaban J connectivity index is 1.92. The normalized spacial score (nSPS) is 20.2. The van der Waals surface area contributed by atoms with Gasteiger partial charge in [0.05, 0.1) is 18.3 Å². The van der Waals surface area contributed by atoms with Crippen LogP contribution in [0.3, 0.4) is 0 Å². The van der Waals surface area contributed by atoms with E-state index in [0.717, 1.165) is 31.6 Å². The van der Waals surface area contributed by atoms with Crippen LogP contribution in [0.15, 0.2) is 12.3 Å². The van der Waals surface area contributed by atoms with E-state index >= 15 is 0 Å². The number of nitrogens with zero attached hydrogens (tertiary/aromatic N) is 3. The predicted molar refractivity (Wildman–Crippen MR) is 65.3 cm³/mol. The smallest absolute Gasteiger partial charge is 0.240 e. The molecule has 0 saturated carbocycles. The standard InChI is InChI=1S/C12H20N4O/c1-3-6-13-11-5-8-16(12(11)17)9-10-4-7-14-15(10)2/h4,7,11,13H,3,5-6,8-9H2,1-2H3. The van der Waals surface area contributed by atoms with E-state index in [-0.39, 0.29) is 11.9 Å². The fourth-order valence-electron chi connectivity index (χ4n) is 2.16. The first-order chi connectivity index (χ1) is 8.22. The summed E-state index contributed by atoms with van der Waals surface area (Å²) in [6, 6.07) is 1.98. The van der Waals surface area contributed by atoms with Crippen molar-refractivity contribution in [3.63, 3.8) is 0 Å². The van der Waals surface area contributed by atoms with Gasteiger partial charge in [-0.2, -0.15) is 5.10 Å². The van der Waals surface area contributed by atoms with Gasteiger partial charge in [-0.05, 0) is 25.5 Å². The predicted octanol–water partition coefficient (Wildman–Crippen LogP) is 0.521. The van der Waals surface area contributed by atoms with Crippen LogP contribution in [0, 0.1) is 0 Å². The molecular weight excluding hydrogens is 216 g/mol. The zero-order valence-corrected chi connectivity index (χ0v) is 10.5. The van der Waals surface area contributed by atoms with Crippen molar-refractivity contribution in [2.45, 2.75) is 32.4 Å². The lowest BCUT2D eigenvalue weighted by molar-refractivity contribution is -0.130. The van der Waals surface area contributed by atoms with E-state index in [2.05, 4.69) is 17.3 Å². The molecule has 1 aliphatic heterocycles. The first-order valence-corrected chi connectivity index (χ1v) is 6.21. The van der Waals surface area contributed by atoms with Crippen molar-refractivity contribution < 1.29 is 4.79 Å². The minimum atomic E-state index is 0.0168. The number of rotatable bonds is 5. The van der Waals surface area contributed by atoms with Gasteiger partial charge < -0.3 is 10.2 Å². The van der Waals surface area contributed by atoms with Gasteiger partial charge in [-0.3, -0.25) is 9.48 Å². The first-order valence-electron chi connectivity index (χ1n) is 6.21. The van der Waals surface area contributed by atoms with Crippen molar-refractivity contribution >= 4 is 5.91 Å². The quantitative estimate of drug-likeness (QED) is 0.811. The second kappa shape index (κ2) is 5.31. The molecule has 2 heterocycles. The first kappa shape index (κ1) is 12.1. The second-order valence-corrected chi connectivity index (χ2v) is 4.50. The van der Waals surface area contributed by atoms with Crippen molar-refractivity contribution in [2.75, 3.05) is 13.1 Å². The molecule has 1 saturated heterocycles. The summed E-state index contributed by atoms with van der Waals surface area (Å²) in [5.41, 5.74) is 1.08. The van der Waals surface area contributed by atoms with Gasteiger partial charge in [0, 0.05) is 19.8 Å². The largest absolute Gasteiger partial charge is 0.335 e. The SMILES string of the molecule is CCCNC1CCN(Cc2ccnn2C)C1=O. The maximum Gasteiger partial charge on any atom is 0.240 e. The lowest BCUT2D eigenvalue weighted by Gasteiger charge is -2.17. The molecule has 1 aromatic rings. The topological polar surface area (TPSA) is 50.2 Å². The number of nitrogens with one attached hydrogen (secondary N) is 1. The molecule has 1 unspecified atom stereocenters. The van der Waals surface area contributed by atoms with E-state index in [1.165, 1.54) is 0 Å². The van der Waals surface area contributed by atoms with Crippen LogP contribution in [0.5, 0.6) is 0 Å². The summed E-state index contributed by atoms with van der Waals surface area (Å²) in [5.74, 6) is 0.222. The molecular formula is C12H20N4O. The maximum absolute atomic E-state index is 12.1. The van der Waals surface area contributed by atoms with Gasteiger partial charge >= 0.3 is 0 Å². The van der Waals surface area contributed by atoms with Crippen LogP contribution in [-0.2, 0) is 18.4 Å². The zero-order valence-electron chi connectivity index (χ0n) is 10.5. The van der Waals surface area contributed by atoms with Crippen molar-refractivity contribution in [2.24, 2.45) is 7.05 Å². The maximum atomic E-state index is 12.1. The number of carbonyl (C=O) groups excluding carboxylic acids is 1. The number of aromatic nitrogens is 2. The lowest BCUT2D eigenvalue weighted by atomic mass is 10.2. The molecule has 1 amide bonds.